The third-order valence-electron chi connectivity index (χ3n) is 12.4. The minimum atomic E-state index is -0.126. The summed E-state index contributed by atoms with van der Waals surface area (Å²) < 4.78 is 2.38. The zero-order valence-electron chi connectivity index (χ0n) is 33.2. The number of aromatic nitrogens is 1. The van der Waals surface area contributed by atoms with Crippen molar-refractivity contribution >= 4 is 38.9 Å². The van der Waals surface area contributed by atoms with Crippen molar-refractivity contribution in [3.63, 3.8) is 0 Å². The molecular weight excluding hydrogens is 713 g/mol. The predicted molar refractivity (Wildman–Crippen MR) is 249 cm³/mol. The van der Waals surface area contributed by atoms with Crippen LogP contribution >= 0.6 is 0 Å². The third-order valence-corrected chi connectivity index (χ3v) is 12.4. The molecule has 1 aromatic heterocycles. The quantitative estimate of drug-likeness (QED) is 0.157. The van der Waals surface area contributed by atoms with Gasteiger partial charge in [-0.05, 0) is 105 Å². The zero-order valence-corrected chi connectivity index (χ0v) is 33.2. The molecule has 1 aliphatic rings. The maximum absolute atomic E-state index is 2.49. The lowest BCUT2D eigenvalue weighted by molar-refractivity contribution is 0.660. The summed E-state index contributed by atoms with van der Waals surface area (Å²) in [6.45, 7) is 4.72. The summed E-state index contributed by atoms with van der Waals surface area (Å²) in [6.07, 6.45) is 0. The lowest BCUT2D eigenvalue weighted by Gasteiger charge is -2.31. The van der Waals surface area contributed by atoms with Crippen molar-refractivity contribution < 1.29 is 0 Å². The number of anilines is 3. The summed E-state index contributed by atoms with van der Waals surface area (Å²) in [4.78, 5) is 2.49. The van der Waals surface area contributed by atoms with Crippen molar-refractivity contribution in [2.75, 3.05) is 4.90 Å². The SMILES string of the molecule is CC1(C)c2ccccc2-c2c(N(c3ccc(-c4ccc5c(c4)c4ccccc4n5-c4ccccc4)cc3)c3ccc(-c4ccccc4)cc3-c3ccccc3)cccc21. The Kier molecular flexibility index (Phi) is 8.20. The Morgan fingerprint density at radius 3 is 1.73 bits per heavy atom. The first-order chi connectivity index (χ1) is 29.0. The second-order valence-corrected chi connectivity index (χ2v) is 16.1. The maximum Gasteiger partial charge on any atom is 0.0543 e. The molecule has 11 rings (SSSR count). The van der Waals surface area contributed by atoms with Gasteiger partial charge in [0, 0.05) is 38.7 Å². The average Bonchev–Trinajstić information content (AvgIpc) is 3.76. The fraction of sp³-hybridized carbons (Fsp3) is 0.0526. The lowest BCUT2D eigenvalue weighted by Crippen LogP contribution is -2.16. The van der Waals surface area contributed by atoms with Crippen LogP contribution in [0.2, 0.25) is 0 Å². The van der Waals surface area contributed by atoms with Crippen LogP contribution < -0.4 is 4.90 Å². The number of hydrogen-bond acceptors (Lipinski definition) is 1. The summed E-state index contributed by atoms with van der Waals surface area (Å²) in [6, 6.07) is 79.8. The minimum absolute atomic E-state index is 0.126. The highest BCUT2D eigenvalue weighted by molar-refractivity contribution is 6.10. The Balaban J connectivity index is 1.10. The molecule has 9 aromatic carbocycles. The van der Waals surface area contributed by atoms with Gasteiger partial charge in [-0.25, -0.2) is 0 Å². The summed E-state index contributed by atoms with van der Waals surface area (Å²) >= 11 is 0. The summed E-state index contributed by atoms with van der Waals surface area (Å²) in [5.74, 6) is 0. The van der Waals surface area contributed by atoms with Gasteiger partial charge in [0.05, 0.1) is 22.4 Å². The van der Waals surface area contributed by atoms with Crippen molar-refractivity contribution in [3.05, 3.63) is 230 Å². The van der Waals surface area contributed by atoms with Crippen LogP contribution in [0, 0.1) is 0 Å². The van der Waals surface area contributed by atoms with Crippen molar-refractivity contribution in [3.8, 4) is 50.2 Å². The first kappa shape index (κ1) is 34.8. The van der Waals surface area contributed by atoms with Crippen LogP contribution in [0.4, 0.5) is 17.1 Å². The van der Waals surface area contributed by atoms with Gasteiger partial charge in [0.1, 0.15) is 0 Å². The number of para-hydroxylation sites is 2. The average molecular weight is 755 g/mol. The van der Waals surface area contributed by atoms with Crippen LogP contribution in [-0.2, 0) is 5.41 Å². The third kappa shape index (κ3) is 5.71. The van der Waals surface area contributed by atoms with E-state index in [1.165, 1.54) is 88.8 Å². The number of benzene rings is 9. The molecule has 0 amide bonds. The van der Waals surface area contributed by atoms with E-state index in [0.29, 0.717) is 0 Å². The molecule has 0 spiro atoms. The summed E-state index contributed by atoms with van der Waals surface area (Å²) in [5, 5.41) is 2.50. The molecule has 0 bridgehead atoms. The molecule has 1 heterocycles. The fourth-order valence-electron chi connectivity index (χ4n) is 9.53. The number of nitrogens with zero attached hydrogens (tertiary/aromatic N) is 2. The molecule has 0 N–H and O–H groups in total. The monoisotopic (exact) mass is 754 g/mol. The highest BCUT2D eigenvalue weighted by atomic mass is 15.1. The number of hydrogen-bond donors (Lipinski definition) is 0. The standard InChI is InChI=1S/C57H42N2/c1-57(2)50-25-14-12-24-47(50)56-51(57)26-16-28-55(56)59(53-35-31-42(39-17-6-3-7-18-39)37-48(53)41-19-8-4-9-20-41)45-33-29-40(30-34-45)43-32-36-54-49(38-43)46-23-13-15-27-52(46)58(54)44-21-10-5-11-22-44/h3-38H,1-2H3. The molecule has 59 heavy (non-hydrogen) atoms. The molecule has 0 radical (unpaired) electrons. The van der Waals surface area contributed by atoms with Crippen LogP contribution in [0.25, 0.3) is 72.0 Å². The highest BCUT2D eigenvalue weighted by Crippen LogP contribution is 2.55. The number of rotatable bonds is 7. The Morgan fingerprint density at radius 1 is 0.373 bits per heavy atom. The molecule has 2 heteroatoms. The molecular formula is C57H42N2. The fourth-order valence-corrected chi connectivity index (χ4v) is 9.53. The Hall–Kier alpha value is -7.42. The van der Waals surface area contributed by atoms with Gasteiger partial charge in [-0.1, -0.05) is 172 Å². The topological polar surface area (TPSA) is 8.17 Å². The van der Waals surface area contributed by atoms with Crippen molar-refractivity contribution in [2.45, 2.75) is 19.3 Å². The van der Waals surface area contributed by atoms with Gasteiger partial charge < -0.3 is 9.47 Å². The smallest absolute Gasteiger partial charge is 0.0543 e. The molecule has 0 saturated carbocycles. The normalized spacial score (nSPS) is 12.7. The Labute approximate surface area is 345 Å². The van der Waals surface area contributed by atoms with Gasteiger partial charge in [-0.2, -0.15) is 0 Å². The van der Waals surface area contributed by atoms with Crippen molar-refractivity contribution in [2.24, 2.45) is 0 Å². The first-order valence-corrected chi connectivity index (χ1v) is 20.5. The summed E-state index contributed by atoms with van der Waals surface area (Å²) in [7, 11) is 0. The van der Waals surface area contributed by atoms with Gasteiger partial charge in [-0.15, -0.1) is 0 Å². The molecule has 280 valence electrons. The molecule has 0 unspecified atom stereocenters. The molecule has 10 aromatic rings. The predicted octanol–water partition coefficient (Wildman–Crippen LogP) is 15.6. The van der Waals surface area contributed by atoms with Crippen LogP contribution in [0.5, 0.6) is 0 Å². The molecule has 2 nitrogen and oxygen atoms in total. The van der Waals surface area contributed by atoms with Crippen LogP contribution in [0.3, 0.4) is 0 Å². The van der Waals surface area contributed by atoms with Crippen LogP contribution in [0.1, 0.15) is 25.0 Å². The molecule has 0 aliphatic heterocycles. The van der Waals surface area contributed by atoms with E-state index in [-0.39, 0.29) is 5.41 Å². The van der Waals surface area contributed by atoms with E-state index < -0.39 is 0 Å². The van der Waals surface area contributed by atoms with Gasteiger partial charge in [0.15, 0.2) is 0 Å². The van der Waals surface area contributed by atoms with Crippen molar-refractivity contribution in [1.82, 2.24) is 4.57 Å². The Morgan fingerprint density at radius 2 is 0.949 bits per heavy atom. The molecule has 1 aliphatic carbocycles. The molecule has 0 fully saturated rings. The van der Waals surface area contributed by atoms with E-state index >= 15 is 0 Å². The van der Waals surface area contributed by atoms with E-state index in [9.17, 15) is 0 Å². The Bertz CT molecular complexity index is 3160. The van der Waals surface area contributed by atoms with E-state index in [1.807, 2.05) is 0 Å². The van der Waals surface area contributed by atoms with Crippen molar-refractivity contribution in [1.29, 1.82) is 0 Å². The van der Waals surface area contributed by atoms with E-state index in [1.54, 1.807) is 0 Å². The molecule has 0 atom stereocenters. The van der Waals surface area contributed by atoms with E-state index in [4.69, 9.17) is 0 Å². The second kappa shape index (κ2) is 13.9. The largest absolute Gasteiger partial charge is 0.309 e. The summed E-state index contributed by atoms with van der Waals surface area (Å²) in [5.41, 5.74) is 19.3. The zero-order chi connectivity index (χ0) is 39.5. The second-order valence-electron chi connectivity index (χ2n) is 16.1. The van der Waals surface area contributed by atoms with E-state index in [0.717, 1.165) is 11.4 Å². The number of fused-ring (bicyclic) bond motifs is 6. The van der Waals surface area contributed by atoms with Gasteiger partial charge in [0.25, 0.3) is 0 Å². The maximum atomic E-state index is 2.49. The van der Waals surface area contributed by atoms with Crippen LogP contribution in [0.15, 0.2) is 218 Å². The lowest BCUT2D eigenvalue weighted by atomic mass is 9.82. The van der Waals surface area contributed by atoms with Gasteiger partial charge in [-0.3, -0.25) is 0 Å². The van der Waals surface area contributed by atoms with Crippen LogP contribution in [-0.4, -0.2) is 4.57 Å². The highest BCUT2D eigenvalue weighted by Gasteiger charge is 2.38. The van der Waals surface area contributed by atoms with E-state index in [2.05, 4.69) is 242 Å². The van der Waals surface area contributed by atoms with Gasteiger partial charge >= 0.3 is 0 Å². The van der Waals surface area contributed by atoms with Gasteiger partial charge in [0.2, 0.25) is 0 Å². The molecule has 0 saturated heterocycles. The first-order valence-electron chi connectivity index (χ1n) is 20.5. The minimum Gasteiger partial charge on any atom is -0.309 e.